The number of nitrogens with one attached hydrogen (secondary N) is 1. The second-order valence-electron chi connectivity index (χ2n) is 5.06. The molecule has 1 aromatic heterocycles. The fraction of sp³-hybridized carbons (Fsp3) is 0.400. The van der Waals surface area contributed by atoms with Gasteiger partial charge in [-0.1, -0.05) is 19.1 Å². The molecule has 0 amide bonds. The summed E-state index contributed by atoms with van der Waals surface area (Å²) in [7, 11) is -3.12. The highest BCUT2D eigenvalue weighted by Crippen LogP contribution is 2.10. The Bertz CT molecular complexity index is 675. The zero-order chi connectivity index (χ0) is 15.3. The van der Waals surface area contributed by atoms with E-state index in [1.807, 2.05) is 24.5 Å². The van der Waals surface area contributed by atoms with Crippen LogP contribution in [0.25, 0.3) is 0 Å². The molecule has 0 bridgehead atoms. The fourth-order valence-electron chi connectivity index (χ4n) is 2.12. The van der Waals surface area contributed by atoms with Crippen molar-refractivity contribution in [1.29, 1.82) is 0 Å². The molecule has 1 heterocycles. The number of hydrogen-bond acceptors (Lipinski definition) is 4. The van der Waals surface area contributed by atoms with Crippen molar-refractivity contribution in [3.05, 3.63) is 48.0 Å². The van der Waals surface area contributed by atoms with Crippen LogP contribution in [0.4, 0.5) is 0 Å². The van der Waals surface area contributed by atoms with E-state index >= 15 is 0 Å². The summed E-state index contributed by atoms with van der Waals surface area (Å²) in [5, 5.41) is 3.33. The molecule has 0 saturated carbocycles. The molecule has 0 aliphatic rings. The van der Waals surface area contributed by atoms with Crippen molar-refractivity contribution in [1.82, 2.24) is 14.9 Å². The summed E-state index contributed by atoms with van der Waals surface area (Å²) >= 11 is 0. The Morgan fingerprint density at radius 3 is 2.52 bits per heavy atom. The maximum atomic E-state index is 11.4. The van der Waals surface area contributed by atoms with Crippen LogP contribution in [0.5, 0.6) is 0 Å². The summed E-state index contributed by atoms with van der Waals surface area (Å²) in [5.74, 6) is 1.02. The van der Waals surface area contributed by atoms with Crippen LogP contribution in [0.2, 0.25) is 0 Å². The molecular formula is C15H21N3O2S. The minimum atomic E-state index is -3.12. The van der Waals surface area contributed by atoms with Gasteiger partial charge in [0.05, 0.1) is 11.4 Å². The van der Waals surface area contributed by atoms with Gasteiger partial charge in [-0.15, -0.1) is 0 Å². The highest BCUT2D eigenvalue weighted by atomic mass is 32.2. The highest BCUT2D eigenvalue weighted by Gasteiger charge is 2.06. The fourth-order valence-corrected chi connectivity index (χ4v) is 2.76. The smallest absolute Gasteiger partial charge is 0.175 e. The van der Waals surface area contributed by atoms with E-state index in [-0.39, 0.29) is 0 Å². The van der Waals surface area contributed by atoms with Gasteiger partial charge in [-0.05, 0) is 24.1 Å². The monoisotopic (exact) mass is 307 g/mol. The van der Waals surface area contributed by atoms with Gasteiger partial charge in [0.25, 0.3) is 0 Å². The molecule has 2 rings (SSSR count). The Morgan fingerprint density at radius 1 is 1.19 bits per heavy atom. The predicted octanol–water partition coefficient (Wildman–Crippen LogP) is 1.99. The molecule has 0 spiro atoms. The third-order valence-electron chi connectivity index (χ3n) is 3.23. The zero-order valence-electron chi connectivity index (χ0n) is 12.4. The van der Waals surface area contributed by atoms with Gasteiger partial charge >= 0.3 is 0 Å². The van der Waals surface area contributed by atoms with E-state index in [0.717, 1.165) is 24.4 Å². The molecule has 0 aliphatic heterocycles. The van der Waals surface area contributed by atoms with Crippen LogP contribution < -0.4 is 5.32 Å². The van der Waals surface area contributed by atoms with E-state index < -0.39 is 9.84 Å². The summed E-state index contributed by atoms with van der Waals surface area (Å²) in [5.41, 5.74) is 1.05. The Balaban J connectivity index is 1.90. The number of rotatable bonds is 7. The minimum Gasteiger partial charge on any atom is -0.334 e. The summed E-state index contributed by atoms with van der Waals surface area (Å²) in [6, 6.07) is 6.96. The van der Waals surface area contributed by atoms with Gasteiger partial charge in [-0.25, -0.2) is 13.4 Å². The first-order valence-electron chi connectivity index (χ1n) is 7.00. The number of benzene rings is 1. The SMILES string of the molecule is CCCn1ccnc1CNCc1ccc(S(C)(=O)=O)cc1. The van der Waals surface area contributed by atoms with Gasteiger partial charge in [0.2, 0.25) is 0 Å². The quantitative estimate of drug-likeness (QED) is 0.849. The van der Waals surface area contributed by atoms with Crippen LogP contribution in [0.3, 0.4) is 0 Å². The summed E-state index contributed by atoms with van der Waals surface area (Å²) in [4.78, 5) is 4.69. The molecule has 0 atom stereocenters. The average molecular weight is 307 g/mol. The van der Waals surface area contributed by atoms with Gasteiger partial charge in [-0.3, -0.25) is 0 Å². The molecule has 1 aromatic carbocycles. The van der Waals surface area contributed by atoms with E-state index in [2.05, 4.69) is 21.8 Å². The first-order valence-corrected chi connectivity index (χ1v) is 8.89. The first-order chi connectivity index (χ1) is 10.0. The molecule has 0 radical (unpaired) electrons. The van der Waals surface area contributed by atoms with Gasteiger partial charge in [0.15, 0.2) is 9.84 Å². The van der Waals surface area contributed by atoms with Crippen molar-refractivity contribution < 1.29 is 8.42 Å². The van der Waals surface area contributed by atoms with Crippen LogP contribution in [-0.4, -0.2) is 24.2 Å². The van der Waals surface area contributed by atoms with E-state index in [1.165, 1.54) is 6.26 Å². The zero-order valence-corrected chi connectivity index (χ0v) is 13.2. The molecule has 0 unspecified atom stereocenters. The largest absolute Gasteiger partial charge is 0.334 e. The van der Waals surface area contributed by atoms with Crippen LogP contribution in [0.1, 0.15) is 24.7 Å². The van der Waals surface area contributed by atoms with E-state index in [4.69, 9.17) is 0 Å². The van der Waals surface area contributed by atoms with Crippen LogP contribution in [0, 0.1) is 0 Å². The molecule has 0 saturated heterocycles. The number of imidazole rings is 1. The topological polar surface area (TPSA) is 64.0 Å². The second kappa shape index (κ2) is 6.87. The molecule has 0 fully saturated rings. The van der Waals surface area contributed by atoms with Crippen molar-refractivity contribution in [2.24, 2.45) is 0 Å². The molecule has 21 heavy (non-hydrogen) atoms. The Labute approximate surface area is 125 Å². The lowest BCUT2D eigenvalue weighted by atomic mass is 10.2. The lowest BCUT2D eigenvalue weighted by Crippen LogP contribution is -2.16. The standard InChI is InChI=1S/C15H21N3O2S/c1-3-9-18-10-8-17-15(18)12-16-11-13-4-6-14(7-5-13)21(2,19)20/h4-8,10,16H,3,9,11-12H2,1-2H3. The number of aryl methyl sites for hydroxylation is 1. The van der Waals surface area contributed by atoms with E-state index in [9.17, 15) is 8.42 Å². The number of sulfone groups is 1. The second-order valence-corrected chi connectivity index (χ2v) is 7.07. The normalized spacial score (nSPS) is 11.7. The Hall–Kier alpha value is -1.66. The first kappa shape index (κ1) is 15.7. The average Bonchev–Trinajstić information content (AvgIpc) is 2.86. The minimum absolute atomic E-state index is 0.352. The number of nitrogens with zero attached hydrogens (tertiary/aromatic N) is 2. The summed E-state index contributed by atoms with van der Waals surface area (Å²) in [6.07, 6.45) is 6.10. The number of hydrogen-bond donors (Lipinski definition) is 1. The van der Waals surface area contributed by atoms with Crippen molar-refractivity contribution >= 4 is 9.84 Å². The molecule has 5 nitrogen and oxygen atoms in total. The molecule has 6 heteroatoms. The van der Waals surface area contributed by atoms with Crippen molar-refractivity contribution in [2.45, 2.75) is 37.9 Å². The Kier molecular flexibility index (Phi) is 5.14. The highest BCUT2D eigenvalue weighted by molar-refractivity contribution is 7.90. The van der Waals surface area contributed by atoms with Crippen molar-refractivity contribution in [3.63, 3.8) is 0 Å². The lowest BCUT2D eigenvalue weighted by Gasteiger charge is -2.08. The third kappa shape index (κ3) is 4.41. The van der Waals surface area contributed by atoms with E-state index in [0.29, 0.717) is 18.0 Å². The van der Waals surface area contributed by atoms with Gasteiger partial charge < -0.3 is 9.88 Å². The molecular weight excluding hydrogens is 286 g/mol. The summed E-state index contributed by atoms with van der Waals surface area (Å²) in [6.45, 7) is 4.49. The van der Waals surface area contributed by atoms with Crippen LogP contribution >= 0.6 is 0 Å². The molecule has 2 aromatic rings. The van der Waals surface area contributed by atoms with Crippen LogP contribution in [-0.2, 0) is 29.5 Å². The summed E-state index contributed by atoms with van der Waals surface area (Å²) < 4.78 is 24.9. The van der Waals surface area contributed by atoms with Gasteiger partial charge in [0, 0.05) is 31.7 Å². The van der Waals surface area contributed by atoms with Crippen molar-refractivity contribution in [2.75, 3.05) is 6.26 Å². The van der Waals surface area contributed by atoms with Gasteiger partial charge in [0.1, 0.15) is 5.82 Å². The Morgan fingerprint density at radius 2 is 1.90 bits per heavy atom. The van der Waals surface area contributed by atoms with Gasteiger partial charge in [-0.2, -0.15) is 0 Å². The third-order valence-corrected chi connectivity index (χ3v) is 4.36. The molecule has 0 aliphatic carbocycles. The maximum absolute atomic E-state index is 11.4. The molecule has 1 N–H and O–H groups in total. The predicted molar refractivity (Wildman–Crippen MR) is 82.6 cm³/mol. The van der Waals surface area contributed by atoms with Crippen LogP contribution in [0.15, 0.2) is 41.6 Å². The lowest BCUT2D eigenvalue weighted by molar-refractivity contribution is 0.588. The maximum Gasteiger partial charge on any atom is 0.175 e. The number of aromatic nitrogens is 2. The van der Waals surface area contributed by atoms with E-state index in [1.54, 1.807) is 12.1 Å². The molecule has 114 valence electrons. The van der Waals surface area contributed by atoms with Crippen molar-refractivity contribution in [3.8, 4) is 0 Å².